The van der Waals surface area contributed by atoms with Crippen LogP contribution in [-0.4, -0.2) is 46.3 Å². The fourth-order valence-electron chi connectivity index (χ4n) is 4.93. The van der Waals surface area contributed by atoms with E-state index in [1.54, 1.807) is 38.1 Å². The topological polar surface area (TPSA) is 96.9 Å². The van der Waals surface area contributed by atoms with Crippen molar-refractivity contribution in [2.75, 3.05) is 6.61 Å². The van der Waals surface area contributed by atoms with Crippen LogP contribution >= 0.6 is 23.2 Å². The van der Waals surface area contributed by atoms with Crippen molar-refractivity contribution in [3.8, 4) is 11.5 Å². The molecule has 3 N–H and O–H groups in total. The summed E-state index contributed by atoms with van der Waals surface area (Å²) in [7, 11) is 0. The molecule has 2 aromatic carbocycles. The Morgan fingerprint density at radius 3 is 2.31 bits per heavy atom. The van der Waals surface area contributed by atoms with Gasteiger partial charge in [0, 0.05) is 16.6 Å². The van der Waals surface area contributed by atoms with Crippen molar-refractivity contribution < 1.29 is 28.6 Å². The van der Waals surface area contributed by atoms with E-state index < -0.39 is 28.6 Å². The number of aliphatic hydroxyl groups excluding tert-OH is 1. The monoisotopic (exact) mass is 538 g/mol. The van der Waals surface area contributed by atoms with Gasteiger partial charge >= 0.3 is 0 Å². The number of amides is 2. The second-order valence-electron chi connectivity index (χ2n) is 10.1. The summed E-state index contributed by atoms with van der Waals surface area (Å²) >= 11 is 11.6. The number of benzene rings is 2. The first-order chi connectivity index (χ1) is 16.9. The van der Waals surface area contributed by atoms with Crippen LogP contribution in [0, 0.1) is 5.82 Å². The van der Waals surface area contributed by atoms with E-state index in [9.17, 15) is 19.1 Å². The zero-order chi connectivity index (χ0) is 26.1. The molecule has 2 aromatic rings. The number of ether oxygens (including phenoxy) is 2. The van der Waals surface area contributed by atoms with Crippen LogP contribution in [0.15, 0.2) is 42.5 Å². The number of carbonyl (C=O) groups is 2. The van der Waals surface area contributed by atoms with Crippen LogP contribution < -0.4 is 20.1 Å². The minimum atomic E-state index is -1.18. The zero-order valence-electron chi connectivity index (χ0n) is 20.1. The van der Waals surface area contributed by atoms with Crippen LogP contribution in [0.25, 0.3) is 0 Å². The summed E-state index contributed by atoms with van der Waals surface area (Å²) in [5.74, 6) is -0.625. The average molecular weight is 539 g/mol. The molecule has 2 bridgehead atoms. The Balaban J connectivity index is 1.33. The van der Waals surface area contributed by atoms with E-state index in [4.69, 9.17) is 32.7 Å². The number of aliphatic hydroxyl groups is 1. The molecule has 7 nitrogen and oxygen atoms in total. The Morgan fingerprint density at radius 1 is 1.06 bits per heavy atom. The molecule has 0 aromatic heterocycles. The van der Waals surface area contributed by atoms with Crippen LogP contribution in [0.2, 0.25) is 10.0 Å². The highest BCUT2D eigenvalue weighted by Gasteiger charge is 2.56. The van der Waals surface area contributed by atoms with Gasteiger partial charge in [0.05, 0.1) is 16.7 Å². The Bertz CT molecular complexity index is 1130. The largest absolute Gasteiger partial charge is 0.484 e. The molecule has 36 heavy (non-hydrogen) atoms. The minimum Gasteiger partial charge on any atom is -0.484 e. The number of rotatable bonds is 8. The van der Waals surface area contributed by atoms with Gasteiger partial charge in [-0.1, -0.05) is 23.2 Å². The van der Waals surface area contributed by atoms with Crippen molar-refractivity contribution in [1.29, 1.82) is 0 Å². The average Bonchev–Trinajstić information content (AvgIpc) is 2.82. The van der Waals surface area contributed by atoms with Gasteiger partial charge in [-0.05, 0) is 82.3 Å². The van der Waals surface area contributed by atoms with E-state index in [2.05, 4.69) is 10.6 Å². The highest BCUT2D eigenvalue weighted by molar-refractivity contribution is 6.31. The zero-order valence-corrected chi connectivity index (χ0v) is 21.6. The number of fused-ring (bicyclic) bond motifs is 3. The Labute approximate surface area is 219 Å². The summed E-state index contributed by atoms with van der Waals surface area (Å²) in [6.45, 7) is 3.04. The van der Waals surface area contributed by atoms with Gasteiger partial charge in [0.15, 0.2) is 12.2 Å². The number of carbonyl (C=O) groups excluding carboxylic acids is 2. The molecule has 10 heteroatoms. The van der Waals surface area contributed by atoms with Crippen LogP contribution in [0.3, 0.4) is 0 Å². The van der Waals surface area contributed by atoms with Crippen LogP contribution in [-0.2, 0) is 9.59 Å². The quantitative estimate of drug-likeness (QED) is 0.462. The van der Waals surface area contributed by atoms with Crippen molar-refractivity contribution in [2.24, 2.45) is 0 Å². The molecular formula is C26H29Cl2FN2O5. The molecule has 0 saturated heterocycles. The first-order valence-electron chi connectivity index (χ1n) is 11.8. The first-order valence-corrected chi connectivity index (χ1v) is 12.5. The Morgan fingerprint density at radius 2 is 1.69 bits per heavy atom. The Kier molecular flexibility index (Phi) is 7.42. The van der Waals surface area contributed by atoms with Crippen LogP contribution in [0.1, 0.15) is 46.0 Å². The predicted octanol–water partition coefficient (Wildman–Crippen LogP) is 4.42. The van der Waals surface area contributed by atoms with Crippen molar-refractivity contribution in [3.63, 3.8) is 0 Å². The van der Waals surface area contributed by atoms with E-state index in [0.717, 1.165) is 6.07 Å². The molecular weight excluding hydrogens is 510 g/mol. The van der Waals surface area contributed by atoms with Crippen LogP contribution in [0.5, 0.6) is 11.5 Å². The third-order valence-corrected chi connectivity index (χ3v) is 7.64. The molecule has 194 valence electrons. The summed E-state index contributed by atoms with van der Waals surface area (Å²) in [5.41, 5.74) is -2.56. The lowest BCUT2D eigenvalue weighted by molar-refractivity contribution is -0.145. The van der Waals surface area contributed by atoms with Gasteiger partial charge in [0.25, 0.3) is 11.8 Å². The van der Waals surface area contributed by atoms with Gasteiger partial charge in [-0.25, -0.2) is 4.39 Å². The maximum absolute atomic E-state index is 13.6. The second kappa shape index (κ2) is 10.1. The van der Waals surface area contributed by atoms with Crippen molar-refractivity contribution >= 4 is 35.0 Å². The van der Waals surface area contributed by atoms with Gasteiger partial charge in [0.2, 0.25) is 0 Å². The fourth-order valence-corrected chi connectivity index (χ4v) is 5.17. The lowest BCUT2D eigenvalue weighted by Gasteiger charge is -2.56. The third-order valence-electron chi connectivity index (χ3n) is 7.08. The van der Waals surface area contributed by atoms with Gasteiger partial charge in [0.1, 0.15) is 17.3 Å². The van der Waals surface area contributed by atoms with Gasteiger partial charge in [-0.15, -0.1) is 0 Å². The molecule has 0 spiro atoms. The summed E-state index contributed by atoms with van der Waals surface area (Å²) < 4.78 is 24.9. The molecule has 0 radical (unpaired) electrons. The normalized spacial score (nSPS) is 25.2. The van der Waals surface area contributed by atoms with Crippen molar-refractivity contribution in [2.45, 2.75) is 68.7 Å². The molecule has 0 aliphatic heterocycles. The molecule has 3 aliphatic carbocycles. The number of hydrogen-bond donors (Lipinski definition) is 3. The highest BCUT2D eigenvalue weighted by Crippen LogP contribution is 2.47. The standard InChI is InChI=1S/C26H29Cl2FN2O5/c1-24(2,36-17-5-3-16(27)4-6-17)23(34)31-26-11-9-25(10-12-26,14-21(26)32)30-22(33)15-35-18-7-8-19(28)20(29)13-18/h3-8,13,21,32H,9-12,14-15H2,1-2H3,(H,30,33)(H,31,34)/t21-,25?,26?/m1/s1. The number of hydrogen-bond acceptors (Lipinski definition) is 5. The predicted molar refractivity (Wildman–Crippen MR) is 134 cm³/mol. The van der Waals surface area contributed by atoms with Crippen molar-refractivity contribution in [1.82, 2.24) is 10.6 Å². The summed E-state index contributed by atoms with van der Waals surface area (Å²) in [6, 6.07) is 10.7. The number of nitrogens with one attached hydrogen (secondary N) is 2. The fraction of sp³-hybridized carbons (Fsp3) is 0.462. The molecule has 0 unspecified atom stereocenters. The van der Waals surface area contributed by atoms with E-state index in [-0.39, 0.29) is 29.2 Å². The summed E-state index contributed by atoms with van der Waals surface area (Å²) in [6.07, 6.45) is 1.63. The smallest absolute Gasteiger partial charge is 0.264 e. The van der Waals surface area contributed by atoms with E-state index >= 15 is 0 Å². The highest BCUT2D eigenvalue weighted by atomic mass is 35.5. The molecule has 3 fully saturated rings. The molecule has 3 saturated carbocycles. The maximum atomic E-state index is 13.6. The van der Waals surface area contributed by atoms with Gasteiger partial charge < -0.3 is 25.2 Å². The van der Waals surface area contributed by atoms with E-state index in [1.165, 1.54) is 12.1 Å². The minimum absolute atomic E-state index is 0.0282. The van der Waals surface area contributed by atoms with Gasteiger partial charge in [-0.3, -0.25) is 9.59 Å². The van der Waals surface area contributed by atoms with E-state index in [1.807, 2.05) is 0 Å². The molecule has 3 aliphatic rings. The SMILES string of the molecule is CC(C)(Oc1ccc(Cl)cc1)C(=O)NC12CCC(NC(=O)COc3ccc(Cl)c(F)c3)(CC1)C[C@H]2O. The third kappa shape index (κ3) is 5.71. The number of halogens is 3. The van der Waals surface area contributed by atoms with E-state index in [0.29, 0.717) is 42.9 Å². The lowest BCUT2D eigenvalue weighted by atomic mass is 9.59. The van der Waals surface area contributed by atoms with Crippen molar-refractivity contribution in [3.05, 3.63) is 58.3 Å². The maximum Gasteiger partial charge on any atom is 0.264 e. The summed E-state index contributed by atoms with van der Waals surface area (Å²) in [5, 5.41) is 17.6. The first kappa shape index (κ1) is 26.5. The summed E-state index contributed by atoms with van der Waals surface area (Å²) in [4.78, 5) is 25.7. The second-order valence-corrected chi connectivity index (χ2v) is 10.9. The lowest BCUT2D eigenvalue weighted by Crippen LogP contribution is -2.71. The Hall–Kier alpha value is -2.55. The van der Waals surface area contributed by atoms with Crippen LogP contribution in [0.4, 0.5) is 4.39 Å². The molecule has 1 atom stereocenters. The molecule has 0 heterocycles. The molecule has 5 rings (SSSR count). The van der Waals surface area contributed by atoms with Gasteiger partial charge in [-0.2, -0.15) is 0 Å². The molecule has 2 amide bonds.